The summed E-state index contributed by atoms with van der Waals surface area (Å²) in [7, 11) is 2.20. The molecule has 3 rings (SSSR count). The van der Waals surface area contributed by atoms with Gasteiger partial charge in [0.2, 0.25) is 0 Å². The van der Waals surface area contributed by atoms with E-state index in [9.17, 15) is 10.1 Å². The Balaban J connectivity index is 1.60. The fourth-order valence-electron chi connectivity index (χ4n) is 3.65. The van der Waals surface area contributed by atoms with Crippen molar-refractivity contribution in [2.45, 2.75) is 25.8 Å². The third kappa shape index (κ3) is 3.61. The highest BCUT2D eigenvalue weighted by Gasteiger charge is 2.27. The van der Waals surface area contributed by atoms with Crippen LogP contribution in [0.15, 0.2) is 12.3 Å². The van der Waals surface area contributed by atoms with E-state index in [1.165, 1.54) is 25.6 Å². The molecule has 2 aliphatic rings. The van der Waals surface area contributed by atoms with E-state index in [0.717, 1.165) is 38.5 Å². The molecule has 0 amide bonds. The Kier molecular flexibility index (Phi) is 4.77. The molecule has 0 radical (unpaired) electrons. The molecular weight excluding hydrogens is 294 g/mol. The van der Waals surface area contributed by atoms with E-state index in [4.69, 9.17) is 0 Å². The van der Waals surface area contributed by atoms with E-state index >= 15 is 0 Å². The van der Waals surface area contributed by atoms with E-state index in [0.29, 0.717) is 11.6 Å². The molecule has 2 saturated heterocycles. The minimum Gasteiger partial charge on any atom is -0.354 e. The fourth-order valence-corrected chi connectivity index (χ4v) is 3.65. The van der Waals surface area contributed by atoms with Crippen molar-refractivity contribution in [1.29, 1.82) is 0 Å². The van der Waals surface area contributed by atoms with Crippen molar-refractivity contribution in [2.75, 3.05) is 51.2 Å². The Morgan fingerprint density at radius 1 is 1.26 bits per heavy atom. The second-order valence-corrected chi connectivity index (χ2v) is 6.67. The number of aromatic nitrogens is 1. The molecule has 126 valence electrons. The van der Waals surface area contributed by atoms with Crippen LogP contribution in [0.1, 0.15) is 18.4 Å². The first kappa shape index (κ1) is 16.1. The van der Waals surface area contributed by atoms with Crippen LogP contribution in [0.5, 0.6) is 0 Å². The molecule has 0 unspecified atom stereocenters. The van der Waals surface area contributed by atoms with Crippen molar-refractivity contribution in [3.63, 3.8) is 0 Å². The number of nitrogens with zero attached hydrogens (tertiary/aromatic N) is 5. The first-order chi connectivity index (χ1) is 11.0. The largest absolute Gasteiger partial charge is 0.354 e. The van der Waals surface area contributed by atoms with Crippen LogP contribution in [0, 0.1) is 17.0 Å². The molecule has 2 aliphatic heterocycles. The van der Waals surface area contributed by atoms with Crippen molar-refractivity contribution in [2.24, 2.45) is 0 Å². The van der Waals surface area contributed by atoms with Crippen LogP contribution in [0.4, 0.5) is 11.5 Å². The average Bonchev–Trinajstić information content (AvgIpc) is 2.54. The number of hydrogen-bond donors (Lipinski definition) is 0. The SMILES string of the molecule is Cc1cc(N2CCN([C@H]3CCCN(C)C3)CC2)ncc1[N+](=O)[O-]. The molecule has 0 N–H and O–H groups in total. The monoisotopic (exact) mass is 319 g/mol. The van der Waals surface area contributed by atoms with E-state index in [1.54, 1.807) is 6.92 Å². The molecule has 0 saturated carbocycles. The van der Waals surface area contributed by atoms with Gasteiger partial charge in [0, 0.05) is 44.3 Å². The molecule has 7 nitrogen and oxygen atoms in total. The Hall–Kier alpha value is -1.73. The molecule has 2 fully saturated rings. The van der Waals surface area contributed by atoms with Gasteiger partial charge in [-0.15, -0.1) is 0 Å². The standard InChI is InChI=1S/C16H25N5O2/c1-13-10-16(17-11-15(13)21(22)23)20-8-6-19(7-9-20)14-4-3-5-18(2)12-14/h10-11,14H,3-9,12H2,1-2H3/t14-/m0/s1. The number of pyridine rings is 1. The summed E-state index contributed by atoms with van der Waals surface area (Å²) in [4.78, 5) is 22.1. The highest BCUT2D eigenvalue weighted by molar-refractivity contribution is 5.48. The summed E-state index contributed by atoms with van der Waals surface area (Å²) in [6.45, 7) is 8.09. The van der Waals surface area contributed by atoms with Crippen molar-refractivity contribution in [1.82, 2.24) is 14.8 Å². The maximum Gasteiger partial charge on any atom is 0.290 e. The number of hydrogen-bond acceptors (Lipinski definition) is 6. The number of anilines is 1. The zero-order valence-corrected chi connectivity index (χ0v) is 13.9. The maximum atomic E-state index is 10.9. The molecule has 1 aromatic heterocycles. The Morgan fingerprint density at radius 3 is 2.61 bits per heavy atom. The van der Waals surface area contributed by atoms with Gasteiger partial charge in [0.1, 0.15) is 12.0 Å². The molecule has 0 aliphatic carbocycles. The van der Waals surface area contributed by atoms with Crippen molar-refractivity contribution in [3.05, 3.63) is 27.9 Å². The van der Waals surface area contributed by atoms with Gasteiger partial charge in [0.05, 0.1) is 4.92 Å². The van der Waals surface area contributed by atoms with E-state index in [-0.39, 0.29) is 10.6 Å². The van der Waals surface area contributed by atoms with E-state index in [2.05, 4.69) is 26.7 Å². The summed E-state index contributed by atoms with van der Waals surface area (Å²) >= 11 is 0. The first-order valence-electron chi connectivity index (χ1n) is 8.33. The highest BCUT2D eigenvalue weighted by atomic mass is 16.6. The van der Waals surface area contributed by atoms with Gasteiger partial charge >= 0.3 is 0 Å². The predicted molar refractivity (Wildman–Crippen MR) is 89.9 cm³/mol. The smallest absolute Gasteiger partial charge is 0.290 e. The summed E-state index contributed by atoms with van der Waals surface area (Å²) in [5.41, 5.74) is 0.772. The van der Waals surface area contributed by atoms with Crippen LogP contribution in [0.2, 0.25) is 0 Å². The first-order valence-corrected chi connectivity index (χ1v) is 8.33. The quantitative estimate of drug-likeness (QED) is 0.621. The number of piperidine rings is 1. The molecule has 23 heavy (non-hydrogen) atoms. The lowest BCUT2D eigenvalue weighted by atomic mass is 10.0. The Bertz CT molecular complexity index is 572. The Morgan fingerprint density at radius 2 is 2.00 bits per heavy atom. The lowest BCUT2D eigenvalue weighted by molar-refractivity contribution is -0.385. The number of rotatable bonds is 3. The van der Waals surface area contributed by atoms with Gasteiger partial charge in [-0.25, -0.2) is 4.98 Å². The molecule has 7 heteroatoms. The summed E-state index contributed by atoms with van der Waals surface area (Å²) in [5.74, 6) is 0.855. The van der Waals surface area contributed by atoms with Gasteiger partial charge in [-0.2, -0.15) is 0 Å². The number of nitro groups is 1. The van der Waals surface area contributed by atoms with Crippen LogP contribution < -0.4 is 4.90 Å². The second-order valence-electron chi connectivity index (χ2n) is 6.67. The lowest BCUT2D eigenvalue weighted by Gasteiger charge is -2.43. The van der Waals surface area contributed by atoms with Crippen molar-refractivity contribution >= 4 is 11.5 Å². The third-order valence-corrected chi connectivity index (χ3v) is 5.02. The number of piperazine rings is 1. The molecule has 0 aromatic carbocycles. The average molecular weight is 319 g/mol. The van der Waals surface area contributed by atoms with Crippen molar-refractivity contribution in [3.8, 4) is 0 Å². The van der Waals surface area contributed by atoms with Crippen LogP contribution in [0.3, 0.4) is 0 Å². The number of likely N-dealkylation sites (tertiary alicyclic amines) is 1. The molecule has 1 aromatic rings. The molecular formula is C16H25N5O2. The van der Waals surface area contributed by atoms with Crippen LogP contribution in [0.25, 0.3) is 0 Å². The predicted octanol–water partition coefficient (Wildman–Crippen LogP) is 1.51. The normalized spacial score (nSPS) is 23.9. The van der Waals surface area contributed by atoms with Gasteiger partial charge in [0.25, 0.3) is 5.69 Å². The fraction of sp³-hybridized carbons (Fsp3) is 0.688. The van der Waals surface area contributed by atoms with Gasteiger partial charge < -0.3 is 9.80 Å². The summed E-state index contributed by atoms with van der Waals surface area (Å²) in [6.07, 6.45) is 3.96. The molecule has 1 atom stereocenters. The van der Waals surface area contributed by atoms with Crippen molar-refractivity contribution < 1.29 is 4.92 Å². The molecule has 3 heterocycles. The lowest BCUT2D eigenvalue weighted by Crippen LogP contribution is -2.54. The minimum absolute atomic E-state index is 0.0950. The summed E-state index contributed by atoms with van der Waals surface area (Å²) in [5, 5.41) is 10.9. The topological polar surface area (TPSA) is 65.8 Å². The van der Waals surface area contributed by atoms with Gasteiger partial charge in [-0.1, -0.05) is 0 Å². The minimum atomic E-state index is -0.371. The highest BCUT2D eigenvalue weighted by Crippen LogP contribution is 2.23. The second kappa shape index (κ2) is 6.80. The maximum absolute atomic E-state index is 10.9. The zero-order chi connectivity index (χ0) is 16.4. The summed E-state index contributed by atoms with van der Waals surface area (Å²) < 4.78 is 0. The van der Waals surface area contributed by atoms with E-state index < -0.39 is 0 Å². The number of aryl methyl sites for hydroxylation is 1. The Labute approximate surface area is 137 Å². The third-order valence-electron chi connectivity index (χ3n) is 5.02. The number of likely N-dealkylation sites (N-methyl/N-ethyl adjacent to an activating group) is 1. The van der Waals surface area contributed by atoms with E-state index in [1.807, 2.05) is 6.07 Å². The van der Waals surface area contributed by atoms with Crippen LogP contribution >= 0.6 is 0 Å². The zero-order valence-electron chi connectivity index (χ0n) is 13.9. The van der Waals surface area contributed by atoms with Crippen LogP contribution in [-0.2, 0) is 0 Å². The van der Waals surface area contributed by atoms with Gasteiger partial charge in [-0.3, -0.25) is 15.0 Å². The van der Waals surface area contributed by atoms with Gasteiger partial charge in [0.15, 0.2) is 0 Å². The van der Waals surface area contributed by atoms with Gasteiger partial charge in [-0.05, 0) is 39.4 Å². The summed E-state index contributed by atoms with van der Waals surface area (Å²) in [6, 6.07) is 2.50. The molecule has 0 spiro atoms. The van der Waals surface area contributed by atoms with Crippen LogP contribution in [-0.4, -0.2) is 72.1 Å². The molecule has 0 bridgehead atoms.